The van der Waals surface area contributed by atoms with Gasteiger partial charge in [-0.3, -0.25) is 19.3 Å². The molecule has 0 unspecified atom stereocenters. The number of aliphatic hydroxyl groups is 4. The van der Waals surface area contributed by atoms with Gasteiger partial charge >= 0.3 is 0 Å². The molecule has 1 amide bonds. The van der Waals surface area contributed by atoms with Crippen molar-refractivity contribution in [1.29, 1.82) is 0 Å². The van der Waals surface area contributed by atoms with Crippen molar-refractivity contribution in [3.8, 4) is 5.75 Å². The Morgan fingerprint density at radius 2 is 1.58 bits per heavy atom. The number of nitrogens with two attached hydrogens (primary N) is 2. The summed E-state index contributed by atoms with van der Waals surface area (Å²) in [6.07, 6.45) is -1.59. The summed E-state index contributed by atoms with van der Waals surface area (Å²) < 4.78 is 21.2. The Morgan fingerprint density at radius 3 is 2.07 bits per heavy atom. The highest BCUT2D eigenvalue weighted by molar-refractivity contribution is 7.89. The number of phenols is 1. The zero-order valence-corrected chi connectivity index (χ0v) is 24.1. The molecule has 3 aliphatic carbocycles. The molecule has 11 N–H and O–H groups in total. The van der Waals surface area contributed by atoms with Gasteiger partial charge in [0, 0.05) is 11.5 Å². The van der Waals surface area contributed by atoms with Gasteiger partial charge in [-0.25, -0.2) is 13.6 Å². The molecule has 2 aromatic carbocycles. The van der Waals surface area contributed by atoms with Gasteiger partial charge in [-0.2, -0.15) is 0 Å². The number of rotatable bonds is 3. The number of Topliss-reactive ketones (excluding diaryl/α,β-unsaturated/α-hetero) is 2. The van der Waals surface area contributed by atoms with Crippen LogP contribution in [0.1, 0.15) is 28.8 Å². The highest BCUT2D eigenvalue weighted by Crippen LogP contribution is 2.55. The molecule has 5 rings (SSSR count). The number of fused-ring (bicyclic) bond motifs is 3. The number of likely N-dealkylation sites (N-methyl/N-ethyl adjacent to an activating group) is 1. The first-order valence-corrected chi connectivity index (χ1v) is 14.2. The van der Waals surface area contributed by atoms with Gasteiger partial charge in [0.2, 0.25) is 15.8 Å². The summed E-state index contributed by atoms with van der Waals surface area (Å²) in [4.78, 5) is 40.0. The fraction of sp³-hybridized carbons (Fsp3) is 0.321. The third-order valence-corrected chi connectivity index (χ3v) is 9.00. The SMILES string of the molecule is C[C@H]1c2cccc(O)c2C(=O)C2=C(O)[C@]3(O)C(=O)C(C(N)=O)=C(O)[C@@H](N(C)C)[C@@H]3[C@@H](O)[C@@H]21.NS(=O)(=O)c1ccccc1.O. The Kier molecular flexibility index (Phi) is 8.94. The molecule has 232 valence electrons. The van der Waals surface area contributed by atoms with Crippen molar-refractivity contribution in [2.75, 3.05) is 14.1 Å². The van der Waals surface area contributed by atoms with Crippen molar-refractivity contribution < 1.29 is 53.8 Å². The molecule has 43 heavy (non-hydrogen) atoms. The van der Waals surface area contributed by atoms with Crippen molar-refractivity contribution >= 4 is 27.5 Å². The van der Waals surface area contributed by atoms with Crippen LogP contribution in [0.4, 0.5) is 0 Å². The summed E-state index contributed by atoms with van der Waals surface area (Å²) in [6, 6.07) is 11.1. The fourth-order valence-corrected chi connectivity index (χ4v) is 6.73. The van der Waals surface area contributed by atoms with Gasteiger partial charge in [-0.1, -0.05) is 37.3 Å². The van der Waals surface area contributed by atoms with E-state index in [9.17, 15) is 48.3 Å². The monoisotopic (exact) mass is 619 g/mol. The number of carbonyl (C=O) groups is 3. The van der Waals surface area contributed by atoms with Crippen molar-refractivity contribution in [3.63, 3.8) is 0 Å². The smallest absolute Gasteiger partial charge is 0.255 e. The van der Waals surface area contributed by atoms with E-state index >= 15 is 0 Å². The van der Waals surface area contributed by atoms with E-state index in [1.807, 2.05) is 0 Å². The van der Waals surface area contributed by atoms with E-state index in [0.717, 1.165) is 0 Å². The molecule has 0 aliphatic heterocycles. The maximum atomic E-state index is 13.3. The summed E-state index contributed by atoms with van der Waals surface area (Å²) in [5.74, 6) is -8.86. The number of hydrogen-bond donors (Lipinski definition) is 7. The predicted octanol–water partition coefficient (Wildman–Crippen LogP) is -0.838. The predicted molar refractivity (Wildman–Crippen MR) is 151 cm³/mol. The van der Waals surface area contributed by atoms with Gasteiger partial charge in [0.25, 0.3) is 5.91 Å². The number of phenolic OH excluding ortho intramolecular Hbond substituents is 1. The zero-order valence-electron chi connectivity index (χ0n) is 23.3. The molecule has 0 heterocycles. The van der Waals surface area contributed by atoms with Crippen molar-refractivity contribution in [1.82, 2.24) is 4.90 Å². The fourth-order valence-electron chi connectivity index (χ4n) is 6.19. The Hall–Kier alpha value is -4.12. The zero-order chi connectivity index (χ0) is 31.5. The first-order chi connectivity index (χ1) is 19.5. The lowest BCUT2D eigenvalue weighted by Crippen LogP contribution is -2.68. The first kappa shape index (κ1) is 33.4. The molecule has 15 heteroatoms. The minimum Gasteiger partial charge on any atom is -0.510 e. The molecule has 0 saturated carbocycles. The topological polar surface area (TPSA) is 273 Å². The van der Waals surface area contributed by atoms with Crippen LogP contribution in [0, 0.1) is 11.8 Å². The Bertz CT molecular complexity index is 1650. The van der Waals surface area contributed by atoms with Crippen LogP contribution in [0.15, 0.2) is 76.1 Å². The van der Waals surface area contributed by atoms with Crippen LogP contribution >= 0.6 is 0 Å². The Labute approximate surface area is 246 Å². The number of sulfonamides is 1. The van der Waals surface area contributed by atoms with E-state index in [1.54, 1.807) is 37.3 Å². The third kappa shape index (κ3) is 5.09. The van der Waals surface area contributed by atoms with Gasteiger partial charge < -0.3 is 36.7 Å². The van der Waals surface area contributed by atoms with E-state index < -0.39 is 85.7 Å². The number of aromatic hydroxyl groups is 1. The maximum Gasteiger partial charge on any atom is 0.255 e. The highest BCUT2D eigenvalue weighted by atomic mass is 32.2. The lowest BCUT2D eigenvalue weighted by molar-refractivity contribution is -0.162. The Balaban J connectivity index is 0.000000392. The lowest BCUT2D eigenvalue weighted by Gasteiger charge is -2.53. The van der Waals surface area contributed by atoms with Gasteiger partial charge in [0.15, 0.2) is 11.4 Å². The number of aliphatic hydroxyl groups excluding tert-OH is 3. The van der Waals surface area contributed by atoms with Gasteiger partial charge in [-0.05, 0) is 43.8 Å². The van der Waals surface area contributed by atoms with Crippen LogP contribution in [0.3, 0.4) is 0 Å². The van der Waals surface area contributed by atoms with Gasteiger partial charge in [0.05, 0.1) is 28.5 Å². The minimum atomic E-state index is -3.50. The third-order valence-electron chi connectivity index (χ3n) is 8.07. The van der Waals surface area contributed by atoms with E-state index in [4.69, 9.17) is 10.9 Å². The number of benzene rings is 2. The number of carbonyl (C=O) groups excluding carboxylic acids is 3. The first-order valence-electron chi connectivity index (χ1n) is 12.7. The summed E-state index contributed by atoms with van der Waals surface area (Å²) in [5.41, 5.74) is 1.36. The summed E-state index contributed by atoms with van der Waals surface area (Å²) in [7, 11) is -0.528. The minimum absolute atomic E-state index is 0. The van der Waals surface area contributed by atoms with Crippen molar-refractivity contribution in [3.05, 3.63) is 82.3 Å². The van der Waals surface area contributed by atoms with Crippen LogP contribution in [0.5, 0.6) is 5.75 Å². The summed E-state index contributed by atoms with van der Waals surface area (Å²) in [6.45, 7) is 1.68. The van der Waals surface area contributed by atoms with Gasteiger partial charge in [-0.15, -0.1) is 0 Å². The summed E-state index contributed by atoms with van der Waals surface area (Å²) >= 11 is 0. The molecule has 0 aromatic heterocycles. The average Bonchev–Trinajstić information content (AvgIpc) is 2.91. The molecule has 0 bridgehead atoms. The lowest BCUT2D eigenvalue weighted by atomic mass is 9.55. The summed E-state index contributed by atoms with van der Waals surface area (Å²) in [5, 5.41) is 59.9. The van der Waals surface area contributed by atoms with Crippen LogP contribution < -0.4 is 10.9 Å². The number of amides is 1. The quantitative estimate of drug-likeness (QED) is 0.208. The van der Waals surface area contributed by atoms with Crippen molar-refractivity contribution in [2.24, 2.45) is 22.7 Å². The van der Waals surface area contributed by atoms with Crippen molar-refractivity contribution in [2.45, 2.75) is 35.5 Å². The van der Waals surface area contributed by atoms with Gasteiger partial charge in [0.1, 0.15) is 22.8 Å². The molecule has 0 saturated heterocycles. The molecule has 0 spiro atoms. The number of primary amides is 1. The number of primary sulfonamides is 1. The molecule has 0 radical (unpaired) electrons. The molecule has 2 aromatic rings. The van der Waals surface area contributed by atoms with Crippen LogP contribution in [-0.2, 0) is 19.6 Å². The van der Waals surface area contributed by atoms with E-state index in [-0.39, 0.29) is 21.7 Å². The second-order valence-electron chi connectivity index (χ2n) is 10.7. The normalized spacial score (nSPS) is 28.2. The molecule has 14 nitrogen and oxygen atoms in total. The van der Waals surface area contributed by atoms with Crippen LogP contribution in [0.25, 0.3) is 0 Å². The number of hydrogen-bond acceptors (Lipinski definition) is 11. The molecular weight excluding hydrogens is 586 g/mol. The highest BCUT2D eigenvalue weighted by Gasteiger charge is 2.67. The van der Waals surface area contributed by atoms with E-state index in [0.29, 0.717) is 5.56 Å². The molecular formula is C28H33N3O11S. The standard InChI is InChI=1S/C22H24N2O8.C6H7NO2S.H2O/c1-7-8-5-4-6-9(25)11(8)16(26)12-10(7)17(27)14-15(24(2)3)18(28)13(21(23)31)20(30)22(14,32)19(12)29;7-10(8,9)6-4-2-1-3-5-6;/h4-7,10,14-15,17,25,27-29,32H,1-3H3,(H2,23,31);1-5H,(H2,7,8,9);1H2/t7-,10+,14+,15-,17-,22-;;/m0../s1. The molecule has 0 fully saturated rings. The largest absolute Gasteiger partial charge is 0.510 e. The van der Waals surface area contributed by atoms with E-state index in [1.165, 1.54) is 37.2 Å². The maximum absolute atomic E-state index is 13.3. The molecule has 3 aliphatic rings. The van der Waals surface area contributed by atoms with Crippen LogP contribution in [0.2, 0.25) is 0 Å². The average molecular weight is 620 g/mol. The van der Waals surface area contributed by atoms with Crippen LogP contribution in [-0.4, -0.2) is 93.6 Å². The Morgan fingerprint density at radius 1 is 1.00 bits per heavy atom. The second-order valence-corrected chi connectivity index (χ2v) is 12.2. The second kappa shape index (κ2) is 11.5. The molecule has 6 atom stereocenters. The number of nitrogens with zero attached hydrogens (tertiary/aromatic N) is 1. The van der Waals surface area contributed by atoms with E-state index in [2.05, 4.69) is 0 Å². The number of ketones is 2.